The molecule has 4 rings (SSSR count). The van der Waals surface area contributed by atoms with E-state index < -0.39 is 18.5 Å². The molecule has 0 bridgehead atoms. The van der Waals surface area contributed by atoms with E-state index in [2.05, 4.69) is 10.00 Å². The molecule has 0 saturated carbocycles. The number of aromatic nitrogens is 2. The second-order valence-electron chi connectivity index (χ2n) is 7.44. The van der Waals surface area contributed by atoms with Gasteiger partial charge in [0, 0.05) is 32.2 Å². The first-order valence-electron chi connectivity index (χ1n) is 10.2. The van der Waals surface area contributed by atoms with Gasteiger partial charge in [-0.1, -0.05) is 35.9 Å². The van der Waals surface area contributed by atoms with Crippen LogP contribution in [0.2, 0.25) is 5.02 Å². The summed E-state index contributed by atoms with van der Waals surface area (Å²) >= 11 is 6.13. The molecule has 2 N–H and O–H groups in total. The third-order valence-corrected chi connectivity index (χ3v) is 5.62. The van der Waals surface area contributed by atoms with Gasteiger partial charge in [0.15, 0.2) is 12.3 Å². The molecule has 3 aromatic rings. The van der Waals surface area contributed by atoms with Gasteiger partial charge in [-0.3, -0.25) is 4.79 Å². The minimum Gasteiger partial charge on any atom is -0.467 e. The van der Waals surface area contributed by atoms with E-state index >= 15 is 0 Å². The number of rotatable bonds is 5. The van der Waals surface area contributed by atoms with Crippen LogP contribution in [-0.2, 0) is 11.0 Å². The van der Waals surface area contributed by atoms with Crippen LogP contribution in [0.1, 0.15) is 5.69 Å². The summed E-state index contributed by atoms with van der Waals surface area (Å²) in [5, 5.41) is 3.79. The molecule has 0 aliphatic carbocycles. The van der Waals surface area contributed by atoms with Crippen LogP contribution >= 0.6 is 11.6 Å². The average Bonchev–Trinajstić information content (AvgIpc) is 3.23. The number of anilines is 2. The van der Waals surface area contributed by atoms with E-state index in [1.54, 1.807) is 17.0 Å². The van der Waals surface area contributed by atoms with Crippen molar-refractivity contribution in [2.75, 3.05) is 43.4 Å². The van der Waals surface area contributed by atoms with E-state index in [4.69, 9.17) is 22.1 Å². The van der Waals surface area contributed by atoms with Gasteiger partial charge >= 0.3 is 6.18 Å². The number of nitrogens with two attached hydrogens (primary N) is 1. The number of para-hydroxylation sites is 3. The van der Waals surface area contributed by atoms with Gasteiger partial charge in [0.05, 0.1) is 22.1 Å². The van der Waals surface area contributed by atoms with Crippen LogP contribution in [0.25, 0.3) is 5.69 Å². The first kappa shape index (κ1) is 22.8. The number of alkyl halides is 3. The van der Waals surface area contributed by atoms with Gasteiger partial charge in [-0.15, -0.1) is 0 Å². The molecule has 174 valence electrons. The number of hydrogen-bond donors (Lipinski definition) is 1. The number of hydrogen-bond acceptors (Lipinski definition) is 5. The van der Waals surface area contributed by atoms with Crippen molar-refractivity contribution in [1.29, 1.82) is 0 Å². The lowest BCUT2D eigenvalue weighted by Gasteiger charge is -2.36. The summed E-state index contributed by atoms with van der Waals surface area (Å²) in [6.07, 6.45) is -4.68. The highest BCUT2D eigenvalue weighted by atomic mass is 35.5. The van der Waals surface area contributed by atoms with Crippen LogP contribution in [0.3, 0.4) is 0 Å². The second-order valence-corrected chi connectivity index (χ2v) is 7.85. The molecular formula is C22H21ClF3N5O2. The molecule has 1 aliphatic rings. The van der Waals surface area contributed by atoms with Crippen LogP contribution in [0.15, 0.2) is 54.6 Å². The summed E-state index contributed by atoms with van der Waals surface area (Å²) in [6, 6.07) is 14.5. The first-order chi connectivity index (χ1) is 15.7. The van der Waals surface area contributed by atoms with Gasteiger partial charge < -0.3 is 20.3 Å². The summed E-state index contributed by atoms with van der Waals surface area (Å²) in [5.41, 5.74) is 6.67. The molecule has 33 heavy (non-hydrogen) atoms. The zero-order chi connectivity index (χ0) is 23.6. The lowest BCUT2D eigenvalue weighted by Crippen LogP contribution is -2.50. The Labute approximate surface area is 193 Å². The van der Waals surface area contributed by atoms with E-state index in [1.807, 2.05) is 24.3 Å². The van der Waals surface area contributed by atoms with Gasteiger partial charge in [0.2, 0.25) is 5.88 Å². The molecule has 0 atom stereocenters. The summed E-state index contributed by atoms with van der Waals surface area (Å²) in [7, 11) is 0. The zero-order valence-electron chi connectivity index (χ0n) is 17.4. The normalized spacial score (nSPS) is 14.4. The predicted molar refractivity (Wildman–Crippen MR) is 119 cm³/mol. The van der Waals surface area contributed by atoms with Crippen molar-refractivity contribution in [3.63, 3.8) is 0 Å². The van der Waals surface area contributed by atoms with E-state index in [0.717, 1.165) is 16.4 Å². The number of nitrogen functional groups attached to an aromatic ring is 1. The molecule has 1 fully saturated rings. The van der Waals surface area contributed by atoms with Crippen LogP contribution < -0.4 is 15.4 Å². The molecular weight excluding hydrogens is 459 g/mol. The second kappa shape index (κ2) is 9.22. The predicted octanol–water partition coefficient (Wildman–Crippen LogP) is 3.85. The summed E-state index contributed by atoms with van der Waals surface area (Å²) in [6.45, 7) is 1.61. The van der Waals surface area contributed by atoms with Crippen molar-refractivity contribution < 1.29 is 22.7 Å². The lowest BCUT2D eigenvalue weighted by atomic mass is 10.2. The Morgan fingerprint density at radius 2 is 1.67 bits per heavy atom. The Kier molecular flexibility index (Phi) is 6.37. The molecule has 7 nitrogen and oxygen atoms in total. The Morgan fingerprint density at radius 1 is 1.03 bits per heavy atom. The van der Waals surface area contributed by atoms with Crippen molar-refractivity contribution in [3.8, 4) is 11.6 Å². The van der Waals surface area contributed by atoms with Crippen LogP contribution in [0.5, 0.6) is 5.88 Å². The fourth-order valence-electron chi connectivity index (χ4n) is 3.60. The first-order valence-corrected chi connectivity index (χ1v) is 10.5. The molecule has 0 unspecified atom stereocenters. The van der Waals surface area contributed by atoms with Crippen molar-refractivity contribution in [2.24, 2.45) is 0 Å². The highest BCUT2D eigenvalue weighted by Crippen LogP contribution is 2.33. The number of nitrogens with zero attached hydrogens (tertiary/aromatic N) is 4. The van der Waals surface area contributed by atoms with Crippen LogP contribution in [0, 0.1) is 0 Å². The van der Waals surface area contributed by atoms with Crippen molar-refractivity contribution >= 4 is 28.9 Å². The van der Waals surface area contributed by atoms with Crippen LogP contribution in [0.4, 0.5) is 24.5 Å². The number of carbonyl (C=O) groups excluding carboxylic acids is 1. The molecule has 0 spiro atoms. The molecule has 1 aromatic heterocycles. The molecule has 1 aliphatic heterocycles. The maximum absolute atomic E-state index is 13.2. The average molecular weight is 480 g/mol. The van der Waals surface area contributed by atoms with Crippen molar-refractivity contribution in [2.45, 2.75) is 6.18 Å². The van der Waals surface area contributed by atoms with E-state index in [9.17, 15) is 18.0 Å². The highest BCUT2D eigenvalue weighted by Gasteiger charge is 2.36. The minimum atomic E-state index is -4.68. The third kappa shape index (κ3) is 5.00. The van der Waals surface area contributed by atoms with E-state index in [1.165, 1.54) is 12.1 Å². The molecule has 1 amide bonds. The summed E-state index contributed by atoms with van der Waals surface area (Å²) in [5.74, 6) is -0.560. The summed E-state index contributed by atoms with van der Waals surface area (Å²) in [4.78, 5) is 16.4. The maximum atomic E-state index is 13.2. The number of amides is 1. The largest absolute Gasteiger partial charge is 0.467 e. The molecule has 0 radical (unpaired) electrons. The molecule has 1 saturated heterocycles. The van der Waals surface area contributed by atoms with Crippen molar-refractivity contribution in [1.82, 2.24) is 14.7 Å². The Morgan fingerprint density at radius 3 is 2.30 bits per heavy atom. The van der Waals surface area contributed by atoms with Gasteiger partial charge in [-0.25, -0.2) is 0 Å². The fourth-order valence-corrected chi connectivity index (χ4v) is 3.82. The SMILES string of the molecule is Nc1ccccc1N1CCN(C(=O)COc2cc(C(F)(F)F)nn2-c2ccccc2Cl)CC1. The van der Waals surface area contributed by atoms with Crippen molar-refractivity contribution in [3.05, 3.63) is 65.3 Å². The quantitative estimate of drug-likeness (QED) is 0.562. The van der Waals surface area contributed by atoms with Gasteiger partial charge in [0.1, 0.15) is 0 Å². The smallest absolute Gasteiger partial charge is 0.435 e. The van der Waals surface area contributed by atoms with E-state index in [0.29, 0.717) is 31.9 Å². The Hall–Kier alpha value is -3.40. The molecule has 11 heteroatoms. The summed E-state index contributed by atoms with van der Waals surface area (Å²) < 4.78 is 46.2. The fraction of sp³-hybridized carbons (Fsp3) is 0.273. The number of piperazine rings is 1. The number of halogens is 4. The zero-order valence-corrected chi connectivity index (χ0v) is 18.2. The third-order valence-electron chi connectivity index (χ3n) is 5.30. The number of carbonyl (C=O) groups is 1. The van der Waals surface area contributed by atoms with Gasteiger partial charge in [0.25, 0.3) is 5.91 Å². The highest BCUT2D eigenvalue weighted by molar-refractivity contribution is 6.32. The van der Waals surface area contributed by atoms with Gasteiger partial charge in [-0.05, 0) is 24.3 Å². The topological polar surface area (TPSA) is 76.6 Å². The monoisotopic (exact) mass is 479 g/mol. The van der Waals surface area contributed by atoms with Gasteiger partial charge in [-0.2, -0.15) is 23.0 Å². The standard InChI is InChI=1S/C22H21ClF3N5O2/c23-15-5-1-3-7-17(15)31-21(13-19(28-31)22(24,25)26)33-14-20(32)30-11-9-29(10-12-30)18-8-4-2-6-16(18)27/h1-8,13H,9-12,14,27H2. The lowest BCUT2D eigenvalue weighted by molar-refractivity contribution is -0.141. The van der Waals surface area contributed by atoms with Crippen LogP contribution in [-0.4, -0.2) is 53.4 Å². The van der Waals surface area contributed by atoms with E-state index in [-0.39, 0.29) is 22.5 Å². The Bertz CT molecular complexity index is 1140. The number of ether oxygens (including phenoxy) is 1. The maximum Gasteiger partial charge on any atom is 0.435 e. The minimum absolute atomic E-state index is 0.196. The number of benzene rings is 2. The molecule has 2 aromatic carbocycles. The Balaban J connectivity index is 1.44. The molecule has 2 heterocycles.